The van der Waals surface area contributed by atoms with E-state index in [1.165, 1.54) is 19.1 Å². The molecule has 5 heteroatoms. The Morgan fingerprint density at radius 2 is 1.44 bits per heavy atom. The summed E-state index contributed by atoms with van der Waals surface area (Å²) in [7, 11) is 0. The molecule has 0 radical (unpaired) electrons. The minimum absolute atomic E-state index is 0.0619. The van der Waals surface area contributed by atoms with Crippen LogP contribution in [0.2, 0.25) is 10.0 Å². The van der Waals surface area contributed by atoms with Crippen molar-refractivity contribution in [3.63, 3.8) is 0 Å². The number of hydrogen-bond donors (Lipinski definition) is 1. The van der Waals surface area contributed by atoms with Gasteiger partial charge in [-0.1, -0.05) is 37.0 Å². The third-order valence-corrected chi connectivity index (χ3v) is 2.39. The highest BCUT2D eigenvalue weighted by atomic mass is 35.5. The Kier molecular flexibility index (Phi) is 6.08. The van der Waals surface area contributed by atoms with E-state index in [-0.39, 0.29) is 27.0 Å². The van der Waals surface area contributed by atoms with Crippen LogP contribution in [0.1, 0.15) is 41.5 Å². The molecule has 88 valence electrons. The SMILES string of the molecule is CC.CC(=O)c1cc(Cl)c(Cl)cc1C(=O)O. The number of benzene rings is 1. The standard InChI is InChI=1S/C9H6Cl2O3.C2H6/c1-4(12)5-2-7(10)8(11)3-6(5)9(13)14;1-2/h2-3H,1H3,(H,13,14);1-2H3. The number of carbonyl (C=O) groups is 2. The Hall–Kier alpha value is -1.06. The van der Waals surface area contributed by atoms with Crippen LogP contribution in [0.4, 0.5) is 0 Å². The van der Waals surface area contributed by atoms with Gasteiger partial charge in [-0.3, -0.25) is 4.79 Å². The molecule has 0 fully saturated rings. The smallest absolute Gasteiger partial charge is 0.336 e. The van der Waals surface area contributed by atoms with Gasteiger partial charge in [0, 0.05) is 5.56 Å². The molecular weight excluding hydrogens is 251 g/mol. The fourth-order valence-electron chi connectivity index (χ4n) is 1.02. The second-order valence-electron chi connectivity index (χ2n) is 2.67. The first-order chi connectivity index (χ1) is 7.43. The van der Waals surface area contributed by atoms with Crippen molar-refractivity contribution < 1.29 is 14.7 Å². The van der Waals surface area contributed by atoms with Crippen LogP contribution in [0.25, 0.3) is 0 Å². The lowest BCUT2D eigenvalue weighted by Gasteiger charge is -2.04. The summed E-state index contributed by atoms with van der Waals surface area (Å²) in [5, 5.41) is 9.06. The van der Waals surface area contributed by atoms with E-state index in [4.69, 9.17) is 28.3 Å². The van der Waals surface area contributed by atoms with Crippen molar-refractivity contribution in [3.05, 3.63) is 33.3 Å². The molecule has 0 bridgehead atoms. The monoisotopic (exact) mass is 262 g/mol. The maximum absolute atomic E-state index is 11.1. The molecule has 0 aliphatic rings. The number of halogens is 2. The Balaban J connectivity index is 0.00000106. The molecule has 0 atom stereocenters. The van der Waals surface area contributed by atoms with Gasteiger partial charge in [0.1, 0.15) is 0 Å². The molecule has 0 aliphatic carbocycles. The summed E-state index contributed by atoms with van der Waals surface area (Å²) >= 11 is 11.3. The van der Waals surface area contributed by atoms with E-state index in [9.17, 15) is 9.59 Å². The predicted octanol–water partition coefficient (Wildman–Crippen LogP) is 3.92. The lowest BCUT2D eigenvalue weighted by molar-refractivity contribution is 0.0692. The molecule has 0 unspecified atom stereocenters. The minimum atomic E-state index is -1.20. The number of rotatable bonds is 2. The van der Waals surface area contributed by atoms with E-state index in [1.54, 1.807) is 0 Å². The second kappa shape index (κ2) is 6.51. The van der Waals surface area contributed by atoms with Gasteiger partial charge < -0.3 is 5.11 Å². The zero-order valence-corrected chi connectivity index (χ0v) is 10.7. The van der Waals surface area contributed by atoms with Crippen molar-refractivity contribution in [2.45, 2.75) is 20.8 Å². The first kappa shape index (κ1) is 14.9. The molecule has 0 aliphatic heterocycles. The molecule has 0 aromatic heterocycles. The quantitative estimate of drug-likeness (QED) is 0.822. The highest BCUT2D eigenvalue weighted by Crippen LogP contribution is 2.26. The van der Waals surface area contributed by atoms with Crippen LogP contribution >= 0.6 is 23.2 Å². The van der Waals surface area contributed by atoms with Crippen molar-refractivity contribution in [2.75, 3.05) is 0 Å². The number of carboxylic acid groups (broad SMARTS) is 1. The molecule has 1 aromatic carbocycles. The molecule has 1 aromatic rings. The van der Waals surface area contributed by atoms with Gasteiger partial charge in [-0.05, 0) is 19.1 Å². The lowest BCUT2D eigenvalue weighted by Crippen LogP contribution is -2.06. The summed E-state index contributed by atoms with van der Waals surface area (Å²) in [4.78, 5) is 21.8. The van der Waals surface area contributed by atoms with Crippen LogP contribution < -0.4 is 0 Å². The van der Waals surface area contributed by atoms with Crippen LogP contribution in [0.15, 0.2) is 12.1 Å². The molecule has 0 heterocycles. The van der Waals surface area contributed by atoms with Crippen LogP contribution in [0.3, 0.4) is 0 Å². The summed E-state index contributed by atoms with van der Waals surface area (Å²) in [6.45, 7) is 5.27. The van der Waals surface area contributed by atoms with Crippen molar-refractivity contribution in [1.29, 1.82) is 0 Å². The zero-order chi connectivity index (χ0) is 12.9. The average Bonchev–Trinajstić information content (AvgIpc) is 2.23. The van der Waals surface area contributed by atoms with E-state index in [0.29, 0.717) is 0 Å². The molecule has 0 amide bonds. The van der Waals surface area contributed by atoms with Crippen LogP contribution in [-0.4, -0.2) is 16.9 Å². The minimum Gasteiger partial charge on any atom is -0.478 e. The second-order valence-corrected chi connectivity index (χ2v) is 3.49. The van der Waals surface area contributed by atoms with Gasteiger partial charge in [0.25, 0.3) is 0 Å². The van der Waals surface area contributed by atoms with E-state index in [0.717, 1.165) is 0 Å². The van der Waals surface area contributed by atoms with E-state index >= 15 is 0 Å². The Bertz CT molecular complexity index is 375. The molecular formula is C11H12Cl2O3. The number of aromatic carboxylic acids is 1. The molecule has 0 saturated heterocycles. The van der Waals surface area contributed by atoms with Crippen molar-refractivity contribution in [3.8, 4) is 0 Å². The normalized spacial score (nSPS) is 9.06. The van der Waals surface area contributed by atoms with E-state index < -0.39 is 5.97 Å². The van der Waals surface area contributed by atoms with Gasteiger partial charge in [-0.25, -0.2) is 4.79 Å². The maximum Gasteiger partial charge on any atom is 0.336 e. The lowest BCUT2D eigenvalue weighted by atomic mass is 10.0. The molecule has 1 N–H and O–H groups in total. The number of carbonyl (C=O) groups excluding carboxylic acids is 1. The van der Waals surface area contributed by atoms with Gasteiger partial charge in [0.05, 0.1) is 15.6 Å². The number of carboxylic acids is 1. The van der Waals surface area contributed by atoms with Gasteiger partial charge in [-0.2, -0.15) is 0 Å². The fourth-order valence-corrected chi connectivity index (χ4v) is 1.34. The summed E-state index contributed by atoms with van der Waals surface area (Å²) < 4.78 is 0. The zero-order valence-electron chi connectivity index (χ0n) is 9.17. The van der Waals surface area contributed by atoms with Gasteiger partial charge >= 0.3 is 5.97 Å². The Morgan fingerprint density at radius 1 is 1.06 bits per heavy atom. The third kappa shape index (κ3) is 3.51. The largest absolute Gasteiger partial charge is 0.478 e. The molecule has 3 nitrogen and oxygen atoms in total. The number of hydrogen-bond acceptors (Lipinski definition) is 2. The van der Waals surface area contributed by atoms with Crippen LogP contribution in [0.5, 0.6) is 0 Å². The topological polar surface area (TPSA) is 54.4 Å². The highest BCUT2D eigenvalue weighted by Gasteiger charge is 2.16. The maximum atomic E-state index is 11.1. The first-order valence-corrected chi connectivity index (χ1v) is 5.42. The first-order valence-electron chi connectivity index (χ1n) is 4.66. The van der Waals surface area contributed by atoms with E-state index in [1.807, 2.05) is 13.8 Å². The molecule has 0 spiro atoms. The van der Waals surface area contributed by atoms with Crippen molar-refractivity contribution >= 4 is 35.0 Å². The van der Waals surface area contributed by atoms with Gasteiger partial charge in [0.15, 0.2) is 5.78 Å². The number of Topliss-reactive ketones (excluding diaryl/α,β-unsaturated/α-hetero) is 1. The van der Waals surface area contributed by atoms with Gasteiger partial charge in [0.2, 0.25) is 0 Å². The highest BCUT2D eigenvalue weighted by molar-refractivity contribution is 6.42. The van der Waals surface area contributed by atoms with E-state index in [2.05, 4.69) is 0 Å². The summed E-state index contributed by atoms with van der Waals surface area (Å²) in [5.74, 6) is -1.56. The van der Waals surface area contributed by atoms with Gasteiger partial charge in [-0.15, -0.1) is 0 Å². The predicted molar refractivity (Wildman–Crippen MR) is 64.8 cm³/mol. The summed E-state index contributed by atoms with van der Waals surface area (Å²) in [5.41, 5.74) is -0.0706. The summed E-state index contributed by atoms with van der Waals surface area (Å²) in [6, 6.07) is 2.43. The summed E-state index contributed by atoms with van der Waals surface area (Å²) in [6.07, 6.45) is 0. The van der Waals surface area contributed by atoms with Crippen molar-refractivity contribution in [1.82, 2.24) is 0 Å². The third-order valence-electron chi connectivity index (χ3n) is 1.67. The molecule has 1 rings (SSSR count). The Labute approximate surface area is 104 Å². The molecule has 16 heavy (non-hydrogen) atoms. The number of ketones is 1. The van der Waals surface area contributed by atoms with Crippen LogP contribution in [-0.2, 0) is 0 Å². The average molecular weight is 263 g/mol. The van der Waals surface area contributed by atoms with Crippen LogP contribution in [0, 0.1) is 0 Å². The molecule has 0 saturated carbocycles. The fraction of sp³-hybridized carbons (Fsp3) is 0.273. The van der Waals surface area contributed by atoms with Crippen molar-refractivity contribution in [2.24, 2.45) is 0 Å². The Morgan fingerprint density at radius 3 is 1.75 bits per heavy atom.